The molecule has 1 fully saturated rings. The zero-order valence-corrected chi connectivity index (χ0v) is 16.2. The predicted molar refractivity (Wildman–Crippen MR) is 107 cm³/mol. The summed E-state index contributed by atoms with van der Waals surface area (Å²) in [5, 5.41) is 16.7. The maximum absolute atomic E-state index is 14.0. The van der Waals surface area contributed by atoms with Crippen LogP contribution < -0.4 is 15.5 Å². The standard InChI is InChI=1S/C21H25F3N4O/c1-2-25-21(26-12-20(29)14-3-5-15(22)6-4-14)27-17-9-10-28(13-17)19-8-7-16(23)11-18(19)24/h3-8,11,17,20,29H,2,9-10,12-13H2,1H3,(H2,25,26,27). The van der Waals surface area contributed by atoms with Gasteiger partial charge in [0.2, 0.25) is 0 Å². The first-order chi connectivity index (χ1) is 14.0. The lowest BCUT2D eigenvalue weighted by atomic mass is 10.1. The normalized spacial score (nSPS) is 18.0. The van der Waals surface area contributed by atoms with Crippen LogP contribution in [-0.4, -0.2) is 43.3 Å². The third-order valence-electron chi connectivity index (χ3n) is 4.80. The lowest BCUT2D eigenvalue weighted by Gasteiger charge is -2.21. The fourth-order valence-corrected chi connectivity index (χ4v) is 3.32. The molecule has 8 heteroatoms. The molecular formula is C21H25F3N4O. The maximum atomic E-state index is 14.0. The monoisotopic (exact) mass is 406 g/mol. The van der Waals surface area contributed by atoms with Crippen molar-refractivity contribution in [3.05, 3.63) is 65.5 Å². The molecule has 1 aliphatic rings. The van der Waals surface area contributed by atoms with E-state index in [1.807, 2.05) is 11.8 Å². The summed E-state index contributed by atoms with van der Waals surface area (Å²) < 4.78 is 40.2. The molecule has 1 aliphatic heterocycles. The highest BCUT2D eigenvalue weighted by Crippen LogP contribution is 2.24. The highest BCUT2D eigenvalue weighted by Gasteiger charge is 2.25. The molecule has 1 heterocycles. The van der Waals surface area contributed by atoms with Gasteiger partial charge in [-0.2, -0.15) is 0 Å². The van der Waals surface area contributed by atoms with Crippen LogP contribution in [0.4, 0.5) is 18.9 Å². The molecule has 3 rings (SSSR count). The van der Waals surface area contributed by atoms with Gasteiger partial charge >= 0.3 is 0 Å². The molecule has 156 valence electrons. The maximum Gasteiger partial charge on any atom is 0.191 e. The van der Waals surface area contributed by atoms with Gasteiger partial charge in [-0.05, 0) is 43.2 Å². The Bertz CT molecular complexity index is 844. The fraction of sp³-hybridized carbons (Fsp3) is 0.381. The van der Waals surface area contributed by atoms with E-state index >= 15 is 0 Å². The van der Waals surface area contributed by atoms with E-state index in [0.29, 0.717) is 36.8 Å². The summed E-state index contributed by atoms with van der Waals surface area (Å²) in [5.41, 5.74) is 0.967. The van der Waals surface area contributed by atoms with Gasteiger partial charge in [0.15, 0.2) is 5.96 Å². The number of aliphatic hydroxyl groups excluding tert-OH is 1. The summed E-state index contributed by atoms with van der Waals surface area (Å²) in [7, 11) is 0. The third kappa shape index (κ3) is 5.63. The quantitative estimate of drug-likeness (QED) is 0.510. The van der Waals surface area contributed by atoms with Gasteiger partial charge in [-0.15, -0.1) is 0 Å². The number of guanidine groups is 1. The van der Waals surface area contributed by atoms with Crippen LogP contribution in [-0.2, 0) is 0 Å². The van der Waals surface area contributed by atoms with Crippen LogP contribution in [0, 0.1) is 17.5 Å². The molecule has 2 aromatic rings. The molecule has 3 N–H and O–H groups in total. The van der Waals surface area contributed by atoms with E-state index in [4.69, 9.17) is 0 Å². The largest absolute Gasteiger partial charge is 0.386 e. The Morgan fingerprint density at radius 1 is 1.17 bits per heavy atom. The molecule has 0 saturated carbocycles. The first-order valence-electron chi connectivity index (χ1n) is 9.64. The van der Waals surface area contributed by atoms with E-state index in [0.717, 1.165) is 12.5 Å². The third-order valence-corrected chi connectivity index (χ3v) is 4.80. The van der Waals surface area contributed by atoms with Crippen LogP contribution in [0.1, 0.15) is 25.0 Å². The lowest BCUT2D eigenvalue weighted by molar-refractivity contribution is 0.187. The Balaban J connectivity index is 1.60. The van der Waals surface area contributed by atoms with E-state index in [1.54, 1.807) is 0 Å². The second kappa shape index (κ2) is 9.65. The molecule has 2 unspecified atom stereocenters. The van der Waals surface area contributed by atoms with Gasteiger partial charge in [-0.3, -0.25) is 4.99 Å². The molecule has 0 aromatic heterocycles. The number of hydrogen-bond donors (Lipinski definition) is 3. The summed E-state index contributed by atoms with van der Waals surface area (Å²) in [5.74, 6) is -0.988. The molecule has 0 bridgehead atoms. The van der Waals surface area contributed by atoms with Gasteiger partial charge in [0.05, 0.1) is 18.3 Å². The molecule has 5 nitrogen and oxygen atoms in total. The number of anilines is 1. The minimum Gasteiger partial charge on any atom is -0.386 e. The predicted octanol–water partition coefficient (Wildman–Crippen LogP) is 2.97. The Hall–Kier alpha value is -2.74. The van der Waals surface area contributed by atoms with Crippen LogP contribution in [0.2, 0.25) is 0 Å². The first-order valence-corrected chi connectivity index (χ1v) is 9.64. The van der Waals surface area contributed by atoms with Crippen molar-refractivity contribution in [3.63, 3.8) is 0 Å². The fourth-order valence-electron chi connectivity index (χ4n) is 3.32. The molecule has 29 heavy (non-hydrogen) atoms. The summed E-state index contributed by atoms with van der Waals surface area (Å²) in [6.45, 7) is 3.87. The zero-order valence-electron chi connectivity index (χ0n) is 16.2. The molecule has 0 spiro atoms. The van der Waals surface area contributed by atoms with Crippen molar-refractivity contribution >= 4 is 11.6 Å². The highest BCUT2D eigenvalue weighted by atomic mass is 19.1. The van der Waals surface area contributed by atoms with Crippen LogP contribution >= 0.6 is 0 Å². The zero-order chi connectivity index (χ0) is 20.8. The Kier molecular flexibility index (Phi) is 6.98. The Labute approximate surface area is 168 Å². The van der Waals surface area contributed by atoms with Gasteiger partial charge in [0.25, 0.3) is 0 Å². The van der Waals surface area contributed by atoms with E-state index in [-0.39, 0.29) is 18.4 Å². The van der Waals surface area contributed by atoms with E-state index in [2.05, 4.69) is 15.6 Å². The number of nitrogens with zero attached hydrogens (tertiary/aromatic N) is 2. The number of hydrogen-bond acceptors (Lipinski definition) is 3. The summed E-state index contributed by atoms with van der Waals surface area (Å²) in [4.78, 5) is 6.28. The molecule has 2 atom stereocenters. The minimum absolute atomic E-state index is 0.0280. The Morgan fingerprint density at radius 2 is 1.90 bits per heavy atom. The lowest BCUT2D eigenvalue weighted by Crippen LogP contribution is -2.44. The van der Waals surface area contributed by atoms with Crippen molar-refractivity contribution in [2.24, 2.45) is 4.99 Å². The van der Waals surface area contributed by atoms with Gasteiger partial charge < -0.3 is 20.6 Å². The molecule has 0 amide bonds. The average molecular weight is 406 g/mol. The van der Waals surface area contributed by atoms with Gasteiger partial charge in [0, 0.05) is 31.7 Å². The topological polar surface area (TPSA) is 59.9 Å². The molecule has 1 saturated heterocycles. The van der Waals surface area contributed by atoms with Crippen molar-refractivity contribution in [2.45, 2.75) is 25.5 Å². The number of benzene rings is 2. The molecule has 0 radical (unpaired) electrons. The average Bonchev–Trinajstić information content (AvgIpc) is 3.14. The van der Waals surface area contributed by atoms with Crippen molar-refractivity contribution < 1.29 is 18.3 Å². The summed E-state index contributed by atoms with van der Waals surface area (Å²) >= 11 is 0. The smallest absolute Gasteiger partial charge is 0.191 e. The second-order valence-corrected chi connectivity index (χ2v) is 6.96. The van der Waals surface area contributed by atoms with E-state index < -0.39 is 17.7 Å². The van der Waals surface area contributed by atoms with E-state index in [1.165, 1.54) is 36.4 Å². The Morgan fingerprint density at radius 3 is 2.59 bits per heavy atom. The van der Waals surface area contributed by atoms with Crippen LogP contribution in [0.15, 0.2) is 47.5 Å². The van der Waals surface area contributed by atoms with Gasteiger partial charge in [-0.1, -0.05) is 12.1 Å². The van der Waals surface area contributed by atoms with Crippen LogP contribution in [0.3, 0.4) is 0 Å². The second-order valence-electron chi connectivity index (χ2n) is 6.96. The van der Waals surface area contributed by atoms with Crippen molar-refractivity contribution in [2.75, 3.05) is 31.1 Å². The number of aliphatic imine (C=N–C) groups is 1. The number of halogens is 3. The van der Waals surface area contributed by atoms with Crippen molar-refractivity contribution in [1.29, 1.82) is 0 Å². The molecule has 0 aliphatic carbocycles. The number of rotatable bonds is 6. The molecular weight excluding hydrogens is 381 g/mol. The van der Waals surface area contributed by atoms with Crippen molar-refractivity contribution in [1.82, 2.24) is 10.6 Å². The van der Waals surface area contributed by atoms with E-state index in [9.17, 15) is 18.3 Å². The molecule has 2 aromatic carbocycles. The van der Waals surface area contributed by atoms with Gasteiger partial charge in [-0.25, -0.2) is 13.2 Å². The summed E-state index contributed by atoms with van der Waals surface area (Å²) in [6.07, 6.45) is -0.0821. The number of aliphatic hydroxyl groups is 1. The van der Waals surface area contributed by atoms with Gasteiger partial charge in [0.1, 0.15) is 17.5 Å². The van der Waals surface area contributed by atoms with Crippen LogP contribution in [0.25, 0.3) is 0 Å². The van der Waals surface area contributed by atoms with Crippen molar-refractivity contribution in [3.8, 4) is 0 Å². The SMILES string of the molecule is CCNC(=NCC(O)c1ccc(F)cc1)NC1CCN(c2ccc(F)cc2F)C1. The number of nitrogens with one attached hydrogen (secondary N) is 2. The minimum atomic E-state index is -0.848. The summed E-state index contributed by atoms with van der Waals surface area (Å²) in [6, 6.07) is 9.27. The highest BCUT2D eigenvalue weighted by molar-refractivity contribution is 5.80. The first kappa shape index (κ1) is 21.0. The van der Waals surface area contributed by atoms with Crippen LogP contribution in [0.5, 0.6) is 0 Å².